The molecule has 1 amide bonds. The molecule has 1 saturated heterocycles. The van der Waals surface area contributed by atoms with Crippen molar-refractivity contribution < 1.29 is 18.8 Å². The Labute approximate surface area is 212 Å². The fourth-order valence-corrected chi connectivity index (χ4v) is 5.26. The molecule has 1 unspecified atom stereocenters. The van der Waals surface area contributed by atoms with Gasteiger partial charge >= 0.3 is 0 Å². The van der Waals surface area contributed by atoms with Gasteiger partial charge in [-0.15, -0.1) is 0 Å². The molecule has 1 saturated carbocycles. The lowest BCUT2D eigenvalue weighted by Gasteiger charge is -2.42. The van der Waals surface area contributed by atoms with Gasteiger partial charge in [-0.25, -0.2) is 0 Å². The highest BCUT2D eigenvalue weighted by molar-refractivity contribution is 5.78. The molecule has 1 aromatic heterocycles. The van der Waals surface area contributed by atoms with Crippen LogP contribution < -0.4 is 14.4 Å². The second-order valence-corrected chi connectivity index (χ2v) is 9.65. The summed E-state index contributed by atoms with van der Waals surface area (Å²) >= 11 is 0. The molecule has 0 radical (unpaired) electrons. The lowest BCUT2D eigenvalue weighted by molar-refractivity contribution is -0.133. The Kier molecular flexibility index (Phi) is 7.39. The molecule has 2 heterocycles. The third kappa shape index (κ3) is 5.64. The van der Waals surface area contributed by atoms with E-state index < -0.39 is 0 Å². The summed E-state index contributed by atoms with van der Waals surface area (Å²) in [4.78, 5) is 21.8. The van der Waals surface area contributed by atoms with Gasteiger partial charge in [0.1, 0.15) is 6.42 Å². The van der Waals surface area contributed by atoms with Crippen molar-refractivity contribution in [2.24, 2.45) is 0 Å². The van der Waals surface area contributed by atoms with Crippen LogP contribution in [0.1, 0.15) is 43.0 Å². The number of nitrogens with zero attached hydrogens (tertiary/aromatic N) is 4. The molecule has 8 nitrogen and oxygen atoms in total. The Morgan fingerprint density at radius 2 is 1.89 bits per heavy atom. The number of carbonyl (C=O) groups excluding carboxylic acids is 1. The zero-order valence-electron chi connectivity index (χ0n) is 21.1. The minimum absolute atomic E-state index is 0.0129. The van der Waals surface area contributed by atoms with Gasteiger partial charge < -0.3 is 23.8 Å². The molecule has 1 aliphatic heterocycles. The van der Waals surface area contributed by atoms with Crippen LogP contribution >= 0.6 is 0 Å². The lowest BCUT2D eigenvalue weighted by Crippen LogP contribution is -2.56. The van der Waals surface area contributed by atoms with Crippen LogP contribution in [0.15, 0.2) is 53.1 Å². The van der Waals surface area contributed by atoms with Crippen LogP contribution in [0.2, 0.25) is 0 Å². The maximum atomic E-state index is 13.3. The first-order valence-corrected chi connectivity index (χ1v) is 12.8. The number of benzene rings is 2. The van der Waals surface area contributed by atoms with Gasteiger partial charge in [0.2, 0.25) is 11.8 Å². The smallest absolute Gasteiger partial charge is 0.236 e. The van der Waals surface area contributed by atoms with Crippen LogP contribution in [0.25, 0.3) is 0 Å². The van der Waals surface area contributed by atoms with E-state index in [1.54, 1.807) is 14.0 Å². The minimum atomic E-state index is 0.0129. The van der Waals surface area contributed by atoms with Gasteiger partial charge in [0.25, 0.3) is 0 Å². The van der Waals surface area contributed by atoms with E-state index in [2.05, 4.69) is 39.3 Å². The van der Waals surface area contributed by atoms with E-state index in [0.29, 0.717) is 18.3 Å². The summed E-state index contributed by atoms with van der Waals surface area (Å²) < 4.78 is 17.1. The molecule has 0 spiro atoms. The standard InChI is InChI=1S/C28H34N4O4/c1-20-29-27(36-30-20)18-28(33)32-15-14-31(19-23(32)16-21-8-4-3-5-9-21)22-12-13-25(34-2)26(17-22)35-24-10-6-7-11-24/h3-5,8-9,12-13,17,23-24H,6-7,10-11,14-16,18-19H2,1-2H3. The number of rotatable bonds is 8. The van der Waals surface area contributed by atoms with Crippen molar-refractivity contribution in [3.05, 3.63) is 65.8 Å². The fourth-order valence-electron chi connectivity index (χ4n) is 5.26. The number of aromatic nitrogens is 2. The Hall–Kier alpha value is -3.55. The number of hydrogen-bond acceptors (Lipinski definition) is 7. The van der Waals surface area contributed by atoms with Gasteiger partial charge in [-0.1, -0.05) is 35.5 Å². The molecule has 2 fully saturated rings. The predicted molar refractivity (Wildman–Crippen MR) is 136 cm³/mol. The van der Waals surface area contributed by atoms with Gasteiger partial charge in [-0.05, 0) is 56.7 Å². The first-order valence-electron chi connectivity index (χ1n) is 12.8. The molecule has 190 valence electrons. The summed E-state index contributed by atoms with van der Waals surface area (Å²) in [6.07, 6.45) is 5.75. The van der Waals surface area contributed by atoms with Crippen molar-refractivity contribution in [1.29, 1.82) is 0 Å². The average molecular weight is 491 g/mol. The molecule has 36 heavy (non-hydrogen) atoms. The molecule has 1 aliphatic carbocycles. The van der Waals surface area contributed by atoms with E-state index in [4.69, 9.17) is 14.0 Å². The normalized spacial score (nSPS) is 18.4. The topological polar surface area (TPSA) is 80.9 Å². The van der Waals surface area contributed by atoms with Crippen LogP contribution in [0, 0.1) is 6.92 Å². The number of hydrogen-bond donors (Lipinski definition) is 0. The highest BCUT2D eigenvalue weighted by Gasteiger charge is 2.32. The molecular formula is C28H34N4O4. The molecule has 1 atom stereocenters. The van der Waals surface area contributed by atoms with Gasteiger partial charge in [0.15, 0.2) is 17.3 Å². The predicted octanol–water partition coefficient (Wildman–Crippen LogP) is 4.21. The van der Waals surface area contributed by atoms with Crippen LogP contribution in [0.3, 0.4) is 0 Å². The second kappa shape index (κ2) is 11.0. The molecule has 2 aromatic carbocycles. The van der Waals surface area contributed by atoms with Crippen molar-refractivity contribution in [2.75, 3.05) is 31.6 Å². The Balaban J connectivity index is 1.35. The van der Waals surface area contributed by atoms with E-state index in [1.807, 2.05) is 29.2 Å². The number of methoxy groups -OCH3 is 1. The summed E-state index contributed by atoms with van der Waals surface area (Å²) in [6, 6.07) is 16.5. The van der Waals surface area contributed by atoms with E-state index in [-0.39, 0.29) is 24.5 Å². The number of anilines is 1. The first kappa shape index (κ1) is 24.2. The SMILES string of the molecule is COc1ccc(N2CCN(C(=O)Cc3nc(C)no3)C(Cc3ccccc3)C2)cc1OC1CCCC1. The number of amides is 1. The van der Waals surface area contributed by atoms with Crippen LogP contribution in [-0.2, 0) is 17.6 Å². The van der Waals surface area contributed by atoms with E-state index in [9.17, 15) is 4.79 Å². The Morgan fingerprint density at radius 1 is 1.08 bits per heavy atom. The molecule has 5 rings (SSSR count). The maximum absolute atomic E-state index is 13.3. The zero-order valence-corrected chi connectivity index (χ0v) is 21.1. The van der Waals surface area contributed by atoms with Gasteiger partial charge in [-0.2, -0.15) is 4.98 Å². The molecule has 3 aromatic rings. The van der Waals surface area contributed by atoms with Crippen molar-refractivity contribution in [3.8, 4) is 11.5 Å². The van der Waals surface area contributed by atoms with Gasteiger partial charge in [0.05, 0.1) is 19.3 Å². The lowest BCUT2D eigenvalue weighted by atomic mass is 10.0. The van der Waals surface area contributed by atoms with Gasteiger partial charge in [-0.3, -0.25) is 4.79 Å². The molecule has 0 N–H and O–H groups in total. The summed E-state index contributed by atoms with van der Waals surface area (Å²) in [5.74, 6) is 2.47. The molecule has 8 heteroatoms. The summed E-state index contributed by atoms with van der Waals surface area (Å²) in [7, 11) is 1.68. The third-order valence-electron chi connectivity index (χ3n) is 7.10. The third-order valence-corrected chi connectivity index (χ3v) is 7.10. The Bertz CT molecular complexity index is 1160. The highest BCUT2D eigenvalue weighted by atomic mass is 16.5. The van der Waals surface area contributed by atoms with Crippen LogP contribution in [0.5, 0.6) is 11.5 Å². The summed E-state index contributed by atoms with van der Waals surface area (Å²) in [6.45, 7) is 3.83. The number of aryl methyl sites for hydroxylation is 1. The summed E-state index contributed by atoms with van der Waals surface area (Å²) in [5, 5.41) is 3.83. The van der Waals surface area contributed by atoms with E-state index in [1.165, 1.54) is 18.4 Å². The average Bonchev–Trinajstić information content (AvgIpc) is 3.56. The number of piperazine rings is 1. The first-order chi connectivity index (χ1) is 17.6. The van der Waals surface area contributed by atoms with Crippen molar-refractivity contribution in [3.63, 3.8) is 0 Å². The quantitative estimate of drug-likeness (QED) is 0.468. The second-order valence-electron chi connectivity index (χ2n) is 9.65. The van der Waals surface area contributed by atoms with Crippen molar-refractivity contribution in [1.82, 2.24) is 15.0 Å². The summed E-state index contributed by atoms with van der Waals surface area (Å²) in [5.41, 5.74) is 2.29. The van der Waals surface area contributed by atoms with Crippen LogP contribution in [0.4, 0.5) is 5.69 Å². The zero-order chi connectivity index (χ0) is 24.9. The van der Waals surface area contributed by atoms with E-state index in [0.717, 1.165) is 49.5 Å². The van der Waals surface area contributed by atoms with Crippen molar-refractivity contribution >= 4 is 11.6 Å². The maximum Gasteiger partial charge on any atom is 0.236 e. The minimum Gasteiger partial charge on any atom is -0.493 e. The molecular weight excluding hydrogens is 456 g/mol. The number of ether oxygens (including phenoxy) is 2. The Morgan fingerprint density at radius 3 is 2.61 bits per heavy atom. The highest BCUT2D eigenvalue weighted by Crippen LogP contribution is 2.36. The number of carbonyl (C=O) groups is 1. The molecule has 2 aliphatic rings. The van der Waals surface area contributed by atoms with Gasteiger partial charge in [0, 0.05) is 31.4 Å². The monoisotopic (exact) mass is 490 g/mol. The van der Waals surface area contributed by atoms with E-state index >= 15 is 0 Å². The fraction of sp³-hybridized carbons (Fsp3) is 0.464. The molecule has 0 bridgehead atoms. The van der Waals surface area contributed by atoms with Crippen molar-refractivity contribution in [2.45, 2.75) is 57.6 Å². The largest absolute Gasteiger partial charge is 0.493 e. The van der Waals surface area contributed by atoms with Crippen LogP contribution in [-0.4, -0.2) is 59.8 Å².